The van der Waals surface area contributed by atoms with E-state index >= 15 is 0 Å². The molecule has 14 heteroatoms. The summed E-state index contributed by atoms with van der Waals surface area (Å²) in [5, 5.41) is 2.67. The van der Waals surface area contributed by atoms with Crippen LogP contribution in [0.4, 0.5) is 14.0 Å². The number of unbranched alkanes of at least 4 members (excludes halogenated alkanes) is 3. The summed E-state index contributed by atoms with van der Waals surface area (Å²) in [7, 11) is 0. The van der Waals surface area contributed by atoms with Crippen molar-refractivity contribution in [3.05, 3.63) is 60.5 Å². The van der Waals surface area contributed by atoms with E-state index in [1.165, 1.54) is 21.9 Å². The molecule has 1 aromatic carbocycles. The van der Waals surface area contributed by atoms with Gasteiger partial charge in [-0.3, -0.25) is 24.2 Å². The predicted molar refractivity (Wildman–Crippen MR) is 192 cm³/mol. The molecule has 0 bridgehead atoms. The molecule has 290 valence electrons. The van der Waals surface area contributed by atoms with Crippen LogP contribution in [0, 0.1) is 11.7 Å². The lowest BCUT2D eigenvalue weighted by atomic mass is 10.0. The van der Waals surface area contributed by atoms with Gasteiger partial charge in [-0.2, -0.15) is 0 Å². The Hall–Kier alpha value is -4.75. The minimum Gasteiger partial charge on any atom is -0.464 e. The number of benzene rings is 1. The number of nitrogens with zero attached hydrogens (tertiary/aromatic N) is 3. The van der Waals surface area contributed by atoms with Crippen molar-refractivity contribution in [2.24, 2.45) is 5.92 Å². The van der Waals surface area contributed by atoms with Crippen LogP contribution in [-0.2, 0) is 46.5 Å². The predicted octanol–water partition coefficient (Wildman–Crippen LogP) is 5.55. The fourth-order valence-electron chi connectivity index (χ4n) is 7.05. The first-order valence-corrected chi connectivity index (χ1v) is 18.4. The van der Waals surface area contributed by atoms with Gasteiger partial charge in [0.05, 0.1) is 19.7 Å². The Morgan fingerprint density at radius 1 is 1.09 bits per heavy atom. The van der Waals surface area contributed by atoms with Crippen molar-refractivity contribution in [1.29, 1.82) is 0 Å². The Morgan fingerprint density at radius 3 is 2.43 bits per heavy atom. The highest BCUT2D eigenvalue weighted by Crippen LogP contribution is 2.51. The van der Waals surface area contributed by atoms with E-state index in [-0.39, 0.29) is 51.9 Å². The number of allylic oxidation sites excluding steroid dienone is 1. The smallest absolute Gasteiger partial charge is 0.410 e. The molecule has 0 unspecified atom stereocenters. The molecule has 1 aromatic rings. The number of carbonyl (C=O) groups is 6. The number of hydrogen-bond donors (Lipinski definition) is 1. The summed E-state index contributed by atoms with van der Waals surface area (Å²) in [5.41, 5.74) is -1.49. The highest BCUT2D eigenvalue weighted by atomic mass is 19.1. The van der Waals surface area contributed by atoms with E-state index in [1.54, 1.807) is 52.8 Å². The molecule has 13 nitrogen and oxygen atoms in total. The first-order chi connectivity index (χ1) is 25.1. The summed E-state index contributed by atoms with van der Waals surface area (Å²) in [6.45, 7) is 15.6. The lowest BCUT2D eigenvalue weighted by Crippen LogP contribution is -2.59. The minimum absolute atomic E-state index is 0.00788. The zero-order valence-electron chi connectivity index (χ0n) is 31.5. The second-order valence-electron chi connectivity index (χ2n) is 14.7. The van der Waals surface area contributed by atoms with Crippen LogP contribution in [0.15, 0.2) is 43.5 Å². The van der Waals surface area contributed by atoms with Gasteiger partial charge < -0.3 is 24.4 Å². The van der Waals surface area contributed by atoms with E-state index in [9.17, 15) is 33.2 Å². The molecular weight excluding hydrogens is 687 g/mol. The molecule has 1 saturated carbocycles. The molecule has 1 aliphatic carbocycles. The SMILES string of the molecule is C=CCCCCC[C@H](NC(=O)OC(C)(C)C)C(=O)N1C[C@H](OC(=O)N2Cc3cccc(F)c3C2)C[C@H]1C(=O)N(C(=O)CC)[C@]1(C(=O)OCC)C[C@H]1C=C. The average molecular weight is 741 g/mol. The number of rotatable bonds is 15. The number of hydrogen-bond acceptors (Lipinski definition) is 9. The largest absolute Gasteiger partial charge is 0.464 e. The van der Waals surface area contributed by atoms with Crippen molar-refractivity contribution in [1.82, 2.24) is 20.0 Å². The van der Waals surface area contributed by atoms with Crippen LogP contribution >= 0.6 is 0 Å². The molecule has 0 spiro atoms. The lowest BCUT2D eigenvalue weighted by Gasteiger charge is -2.35. The van der Waals surface area contributed by atoms with Gasteiger partial charge in [0.1, 0.15) is 29.6 Å². The maximum absolute atomic E-state index is 14.7. The summed E-state index contributed by atoms with van der Waals surface area (Å²) >= 11 is 0. The van der Waals surface area contributed by atoms with Crippen LogP contribution in [0.1, 0.15) is 97.1 Å². The molecule has 0 radical (unpaired) electrons. The van der Waals surface area contributed by atoms with Gasteiger partial charge in [0, 0.05) is 30.9 Å². The number of imide groups is 1. The van der Waals surface area contributed by atoms with Gasteiger partial charge in [-0.1, -0.05) is 44.1 Å². The molecule has 5 atom stereocenters. The summed E-state index contributed by atoms with van der Waals surface area (Å²) in [6, 6.07) is 2.10. The molecular formula is C39H53FN4O9. The third kappa shape index (κ3) is 9.44. The van der Waals surface area contributed by atoms with E-state index in [4.69, 9.17) is 14.2 Å². The first kappa shape index (κ1) is 41.0. The molecule has 53 heavy (non-hydrogen) atoms. The van der Waals surface area contributed by atoms with Crippen LogP contribution in [0.3, 0.4) is 0 Å². The highest BCUT2D eigenvalue weighted by molar-refractivity contribution is 6.06. The van der Waals surface area contributed by atoms with Crippen molar-refractivity contribution in [3.8, 4) is 0 Å². The number of ether oxygens (including phenoxy) is 3. The van der Waals surface area contributed by atoms with Crippen molar-refractivity contribution < 1.29 is 47.4 Å². The quantitative estimate of drug-likeness (QED) is 0.106. The molecule has 2 heterocycles. The van der Waals surface area contributed by atoms with Gasteiger partial charge in [0.25, 0.3) is 5.91 Å². The molecule has 4 rings (SSSR count). The highest BCUT2D eigenvalue weighted by Gasteiger charge is 2.68. The van der Waals surface area contributed by atoms with Crippen LogP contribution in [0.2, 0.25) is 0 Å². The standard InChI is InChI=1S/C39H53FN4O9/c1-8-12-13-14-15-19-30(41-36(49)53-38(5,6)7)33(46)43-23-27(52-37(50)42-22-25-17-16-18-29(40)28(25)24-42)20-31(43)34(47)44(32(45)10-3)39(21-26(39)9-2)35(48)51-11-4/h8-9,16-18,26-27,30-31H,1-2,10-15,19-24H2,3-7H3,(H,41,49)/t26-,27-,30+,31+,39-/m1/s1. The topological polar surface area (TPSA) is 152 Å². The van der Waals surface area contributed by atoms with E-state index in [0.717, 1.165) is 24.2 Å². The van der Waals surface area contributed by atoms with Gasteiger partial charge in [0.15, 0.2) is 5.54 Å². The van der Waals surface area contributed by atoms with Crippen LogP contribution in [0.25, 0.3) is 0 Å². The lowest BCUT2D eigenvalue weighted by molar-refractivity contribution is -0.166. The van der Waals surface area contributed by atoms with Gasteiger partial charge in [-0.05, 0) is 65.0 Å². The van der Waals surface area contributed by atoms with Gasteiger partial charge >= 0.3 is 18.2 Å². The first-order valence-electron chi connectivity index (χ1n) is 18.4. The Balaban J connectivity index is 1.67. The summed E-state index contributed by atoms with van der Waals surface area (Å²) < 4.78 is 31.1. The second-order valence-corrected chi connectivity index (χ2v) is 14.7. The van der Waals surface area contributed by atoms with E-state index in [0.29, 0.717) is 17.5 Å². The Labute approximate surface area is 310 Å². The fourth-order valence-corrected chi connectivity index (χ4v) is 7.05. The van der Waals surface area contributed by atoms with Gasteiger partial charge in [-0.15, -0.1) is 13.2 Å². The Kier molecular flexibility index (Phi) is 13.5. The molecule has 1 N–H and O–H groups in total. The molecule has 2 fully saturated rings. The molecule has 2 aliphatic heterocycles. The number of likely N-dealkylation sites (tertiary alicyclic amines) is 1. The van der Waals surface area contributed by atoms with Gasteiger partial charge in [-0.25, -0.2) is 18.8 Å². The fraction of sp³-hybridized carbons (Fsp3) is 0.590. The molecule has 0 aromatic heterocycles. The van der Waals surface area contributed by atoms with Crippen molar-refractivity contribution in [3.63, 3.8) is 0 Å². The Bertz CT molecular complexity index is 1590. The summed E-state index contributed by atoms with van der Waals surface area (Å²) in [5.74, 6) is -3.90. The van der Waals surface area contributed by atoms with Gasteiger partial charge in [0.2, 0.25) is 11.8 Å². The molecule has 5 amide bonds. The zero-order chi connectivity index (χ0) is 39.1. The maximum atomic E-state index is 14.7. The van der Waals surface area contributed by atoms with Crippen LogP contribution < -0.4 is 5.32 Å². The molecule has 3 aliphatic rings. The summed E-state index contributed by atoms with van der Waals surface area (Å²) in [4.78, 5) is 86.2. The Morgan fingerprint density at radius 2 is 1.83 bits per heavy atom. The van der Waals surface area contributed by atoms with Crippen molar-refractivity contribution >= 4 is 35.9 Å². The number of fused-ring (bicyclic) bond motifs is 1. The third-order valence-electron chi connectivity index (χ3n) is 9.74. The average Bonchev–Trinajstić information content (AvgIpc) is 3.41. The van der Waals surface area contributed by atoms with Crippen LogP contribution in [0.5, 0.6) is 0 Å². The minimum atomic E-state index is -1.64. The third-order valence-corrected chi connectivity index (χ3v) is 9.74. The normalized spacial score (nSPS) is 22.3. The molecule has 1 saturated heterocycles. The van der Waals surface area contributed by atoms with E-state index in [1.807, 2.05) is 0 Å². The number of alkyl carbamates (subject to hydrolysis) is 1. The maximum Gasteiger partial charge on any atom is 0.410 e. The number of halogens is 1. The van der Waals surface area contributed by atoms with Crippen molar-refractivity contribution in [2.45, 2.75) is 128 Å². The van der Waals surface area contributed by atoms with Crippen LogP contribution in [-0.4, -0.2) is 93.1 Å². The summed E-state index contributed by atoms with van der Waals surface area (Å²) in [6.07, 6.45) is 3.52. The number of amides is 5. The van der Waals surface area contributed by atoms with E-state index in [2.05, 4.69) is 18.5 Å². The monoisotopic (exact) mass is 740 g/mol. The van der Waals surface area contributed by atoms with E-state index < -0.39 is 76.9 Å². The number of nitrogens with one attached hydrogen (secondary N) is 1. The zero-order valence-corrected chi connectivity index (χ0v) is 31.5. The van der Waals surface area contributed by atoms with Crippen molar-refractivity contribution in [2.75, 3.05) is 13.2 Å². The number of carbonyl (C=O) groups excluding carboxylic acids is 6. The second kappa shape index (κ2) is 17.4. The number of esters is 1.